The van der Waals surface area contributed by atoms with E-state index in [1.54, 1.807) is 0 Å². The Bertz CT molecular complexity index is 566. The molecule has 100 valence electrons. The molecule has 0 N–H and O–H groups in total. The molecular weight excluding hydrogens is 256 g/mol. The lowest BCUT2D eigenvalue weighted by Gasteiger charge is -2.14. The summed E-state index contributed by atoms with van der Waals surface area (Å²) >= 11 is 1.52. The number of aryl methyl sites for hydroxylation is 2. The van der Waals surface area contributed by atoms with Crippen LogP contribution in [0.25, 0.3) is 0 Å². The molecule has 0 aromatic carbocycles. The van der Waals surface area contributed by atoms with E-state index in [1.165, 1.54) is 22.8 Å². The fourth-order valence-electron chi connectivity index (χ4n) is 2.48. The third-order valence-electron chi connectivity index (χ3n) is 3.59. The second kappa shape index (κ2) is 5.25. The van der Waals surface area contributed by atoms with Gasteiger partial charge in [-0.2, -0.15) is 4.37 Å². The van der Waals surface area contributed by atoms with Crippen LogP contribution in [0, 0.1) is 6.92 Å². The zero-order valence-corrected chi connectivity index (χ0v) is 12.2. The maximum atomic E-state index is 4.57. The average Bonchev–Trinajstić information content (AvgIpc) is 3.07. The van der Waals surface area contributed by atoms with Crippen LogP contribution >= 0.6 is 11.5 Å². The summed E-state index contributed by atoms with van der Waals surface area (Å²) in [6.45, 7) is 6.28. The van der Waals surface area contributed by atoms with E-state index in [4.69, 9.17) is 0 Å². The molecule has 0 amide bonds. The molecule has 5 heteroatoms. The topological polar surface area (TPSA) is 41.9 Å². The minimum absolute atomic E-state index is 0.522. The van der Waals surface area contributed by atoms with E-state index in [1.807, 2.05) is 6.20 Å². The predicted molar refractivity (Wildman–Crippen MR) is 77.8 cm³/mol. The van der Waals surface area contributed by atoms with Crippen molar-refractivity contribution in [1.82, 2.24) is 14.3 Å². The van der Waals surface area contributed by atoms with Crippen LogP contribution in [-0.4, -0.2) is 27.4 Å². The summed E-state index contributed by atoms with van der Waals surface area (Å²) in [5.74, 6) is 1.48. The van der Waals surface area contributed by atoms with E-state index in [2.05, 4.69) is 45.2 Å². The molecule has 19 heavy (non-hydrogen) atoms. The van der Waals surface area contributed by atoms with Crippen LogP contribution in [-0.2, 0) is 6.42 Å². The summed E-state index contributed by atoms with van der Waals surface area (Å²) in [6, 6.07) is 4.25. The lowest BCUT2D eigenvalue weighted by atomic mass is 10.0. The average molecular weight is 274 g/mol. The van der Waals surface area contributed by atoms with Crippen LogP contribution in [0.15, 0.2) is 18.3 Å². The molecule has 1 fully saturated rings. The highest BCUT2D eigenvalue weighted by Gasteiger charge is 2.27. The first kappa shape index (κ1) is 12.5. The maximum absolute atomic E-state index is 4.57. The minimum Gasteiger partial charge on any atom is -0.346 e. The van der Waals surface area contributed by atoms with Gasteiger partial charge in [-0.3, -0.25) is 4.98 Å². The highest BCUT2D eigenvalue weighted by atomic mass is 32.1. The molecule has 4 nitrogen and oxygen atoms in total. The third-order valence-corrected chi connectivity index (χ3v) is 4.40. The molecule has 3 rings (SSSR count). The van der Waals surface area contributed by atoms with Gasteiger partial charge in [0.15, 0.2) is 0 Å². The first-order valence-electron chi connectivity index (χ1n) is 6.76. The summed E-state index contributed by atoms with van der Waals surface area (Å²) in [7, 11) is 0. The van der Waals surface area contributed by atoms with Gasteiger partial charge in [-0.15, -0.1) is 0 Å². The predicted octanol–water partition coefficient (Wildman–Crippen LogP) is 2.80. The van der Waals surface area contributed by atoms with Crippen molar-refractivity contribution in [3.63, 3.8) is 0 Å². The Kier molecular flexibility index (Phi) is 3.46. The number of hydrogen-bond acceptors (Lipinski definition) is 5. The SMILES string of the molecule is CCc1nsc(N2CC[C@@H](c3cc(C)ccn3)C2)n1. The van der Waals surface area contributed by atoms with E-state index in [0.717, 1.165) is 36.9 Å². The van der Waals surface area contributed by atoms with Crippen molar-refractivity contribution in [1.29, 1.82) is 0 Å². The first-order valence-corrected chi connectivity index (χ1v) is 7.53. The molecule has 0 spiro atoms. The smallest absolute Gasteiger partial charge is 0.205 e. The highest BCUT2D eigenvalue weighted by Crippen LogP contribution is 2.30. The van der Waals surface area contributed by atoms with E-state index in [0.29, 0.717) is 5.92 Å². The molecule has 3 heterocycles. The fraction of sp³-hybridized carbons (Fsp3) is 0.500. The van der Waals surface area contributed by atoms with Crippen molar-refractivity contribution >= 4 is 16.7 Å². The van der Waals surface area contributed by atoms with E-state index in [-0.39, 0.29) is 0 Å². The Balaban J connectivity index is 1.73. The van der Waals surface area contributed by atoms with Crippen molar-refractivity contribution < 1.29 is 0 Å². The number of pyridine rings is 1. The summed E-state index contributed by atoms with van der Waals surface area (Å²) < 4.78 is 4.36. The zero-order valence-electron chi connectivity index (χ0n) is 11.3. The molecule has 1 saturated heterocycles. The Morgan fingerprint density at radius 2 is 2.37 bits per heavy atom. The minimum atomic E-state index is 0.522. The molecule has 0 saturated carbocycles. The van der Waals surface area contributed by atoms with Gasteiger partial charge in [0.2, 0.25) is 5.13 Å². The van der Waals surface area contributed by atoms with Crippen LogP contribution < -0.4 is 4.90 Å². The van der Waals surface area contributed by atoms with Gasteiger partial charge in [0.1, 0.15) is 5.82 Å². The van der Waals surface area contributed by atoms with Crippen molar-refractivity contribution in [3.8, 4) is 0 Å². The Morgan fingerprint density at radius 3 is 3.11 bits per heavy atom. The highest BCUT2D eigenvalue weighted by molar-refractivity contribution is 7.09. The molecule has 0 bridgehead atoms. The largest absolute Gasteiger partial charge is 0.346 e. The number of anilines is 1. The molecule has 0 aliphatic carbocycles. The summed E-state index contributed by atoms with van der Waals surface area (Å²) in [5, 5.41) is 1.06. The second-order valence-corrected chi connectivity index (χ2v) is 5.77. The van der Waals surface area contributed by atoms with Crippen molar-refractivity contribution in [2.75, 3.05) is 18.0 Å². The standard InChI is InChI=1S/C14H18N4S/c1-3-13-16-14(19-17-13)18-7-5-11(9-18)12-8-10(2)4-6-15-12/h4,6,8,11H,3,5,7,9H2,1-2H3/t11-/m1/s1. The number of nitrogens with zero attached hydrogens (tertiary/aromatic N) is 4. The van der Waals surface area contributed by atoms with E-state index < -0.39 is 0 Å². The molecule has 1 atom stereocenters. The second-order valence-electron chi connectivity index (χ2n) is 5.04. The molecule has 0 unspecified atom stereocenters. The maximum Gasteiger partial charge on any atom is 0.205 e. The number of aromatic nitrogens is 3. The summed E-state index contributed by atoms with van der Waals surface area (Å²) in [4.78, 5) is 11.4. The van der Waals surface area contributed by atoms with E-state index in [9.17, 15) is 0 Å². The lowest BCUT2D eigenvalue weighted by molar-refractivity contribution is 0.743. The van der Waals surface area contributed by atoms with Crippen LogP contribution in [0.3, 0.4) is 0 Å². The van der Waals surface area contributed by atoms with Crippen molar-refractivity contribution in [2.24, 2.45) is 0 Å². The summed E-state index contributed by atoms with van der Waals surface area (Å²) in [6.07, 6.45) is 3.97. The zero-order chi connectivity index (χ0) is 13.2. The Labute approximate surface area is 117 Å². The molecule has 0 radical (unpaired) electrons. The Morgan fingerprint density at radius 1 is 1.47 bits per heavy atom. The number of rotatable bonds is 3. The normalized spacial score (nSPS) is 19.1. The van der Waals surface area contributed by atoms with Gasteiger partial charge in [0.05, 0.1) is 0 Å². The van der Waals surface area contributed by atoms with Gasteiger partial charge < -0.3 is 4.90 Å². The molecular formula is C14H18N4S. The molecule has 1 aliphatic heterocycles. The molecule has 2 aromatic heterocycles. The van der Waals surface area contributed by atoms with Crippen LogP contribution in [0.1, 0.15) is 36.3 Å². The van der Waals surface area contributed by atoms with Gasteiger partial charge >= 0.3 is 0 Å². The Hall–Kier alpha value is -1.49. The van der Waals surface area contributed by atoms with Crippen LogP contribution in [0.4, 0.5) is 5.13 Å². The quantitative estimate of drug-likeness (QED) is 0.863. The third kappa shape index (κ3) is 2.61. The van der Waals surface area contributed by atoms with Gasteiger partial charge in [-0.1, -0.05) is 6.92 Å². The van der Waals surface area contributed by atoms with Gasteiger partial charge in [-0.25, -0.2) is 4.98 Å². The van der Waals surface area contributed by atoms with Crippen LogP contribution in [0.5, 0.6) is 0 Å². The summed E-state index contributed by atoms with van der Waals surface area (Å²) in [5.41, 5.74) is 2.50. The van der Waals surface area contributed by atoms with Gasteiger partial charge in [0, 0.05) is 48.9 Å². The first-order chi connectivity index (χ1) is 9.26. The molecule has 2 aromatic rings. The van der Waals surface area contributed by atoms with Gasteiger partial charge in [-0.05, 0) is 31.0 Å². The van der Waals surface area contributed by atoms with Crippen LogP contribution in [0.2, 0.25) is 0 Å². The van der Waals surface area contributed by atoms with E-state index >= 15 is 0 Å². The monoisotopic (exact) mass is 274 g/mol. The fourth-order valence-corrected chi connectivity index (χ4v) is 3.26. The van der Waals surface area contributed by atoms with Crippen molar-refractivity contribution in [2.45, 2.75) is 32.6 Å². The lowest BCUT2D eigenvalue weighted by Crippen LogP contribution is -2.19. The number of hydrogen-bond donors (Lipinski definition) is 0. The van der Waals surface area contributed by atoms with Gasteiger partial charge in [0.25, 0.3) is 0 Å². The van der Waals surface area contributed by atoms with Crippen molar-refractivity contribution in [3.05, 3.63) is 35.4 Å². The molecule has 1 aliphatic rings.